The summed E-state index contributed by atoms with van der Waals surface area (Å²) in [6.45, 7) is 0.273. The van der Waals surface area contributed by atoms with Crippen molar-refractivity contribution in [1.82, 2.24) is 0 Å². The highest BCUT2D eigenvalue weighted by atomic mass is 32.1. The van der Waals surface area contributed by atoms with Crippen molar-refractivity contribution in [3.05, 3.63) is 51.5 Å². The van der Waals surface area contributed by atoms with Gasteiger partial charge in [-0.15, -0.1) is 11.3 Å². The molecule has 0 unspecified atom stereocenters. The molecule has 1 heterocycles. The topological polar surface area (TPSA) is 35.8 Å². The summed E-state index contributed by atoms with van der Waals surface area (Å²) in [5.74, 6) is -1.30. The van der Waals surface area contributed by atoms with Gasteiger partial charge in [-0.25, -0.2) is 4.39 Å². The maximum absolute atomic E-state index is 13.1. The summed E-state index contributed by atoms with van der Waals surface area (Å²) in [4.78, 5) is 0.805. The molecule has 2 nitrogen and oxygen atoms in total. The zero-order chi connectivity index (χ0) is 14.8. The van der Waals surface area contributed by atoms with Crippen LogP contribution in [0.1, 0.15) is 16.0 Å². The third-order valence-corrected chi connectivity index (χ3v) is 3.46. The molecule has 20 heavy (non-hydrogen) atoms. The van der Waals surface area contributed by atoms with Crippen molar-refractivity contribution in [2.75, 3.05) is 5.32 Å². The molecular formula is C13H8F4N2S. The van der Waals surface area contributed by atoms with Crippen molar-refractivity contribution < 1.29 is 17.6 Å². The molecule has 7 heteroatoms. The molecule has 104 valence electrons. The monoisotopic (exact) mass is 300 g/mol. The van der Waals surface area contributed by atoms with E-state index in [9.17, 15) is 17.6 Å². The highest BCUT2D eigenvalue weighted by molar-refractivity contribution is 7.10. The first-order valence-corrected chi connectivity index (χ1v) is 6.36. The SMILES string of the molecule is N#Cc1csc(CNc2ccc(F)c(C(F)(F)F)c2)c1. The maximum Gasteiger partial charge on any atom is 0.419 e. The number of rotatable bonds is 3. The average molecular weight is 300 g/mol. The molecule has 0 aliphatic carbocycles. The van der Waals surface area contributed by atoms with Gasteiger partial charge in [0.05, 0.1) is 11.1 Å². The van der Waals surface area contributed by atoms with Crippen LogP contribution in [0.2, 0.25) is 0 Å². The number of thiophene rings is 1. The lowest BCUT2D eigenvalue weighted by atomic mass is 10.2. The van der Waals surface area contributed by atoms with E-state index in [1.165, 1.54) is 17.4 Å². The van der Waals surface area contributed by atoms with Crippen LogP contribution in [0, 0.1) is 17.1 Å². The van der Waals surface area contributed by atoms with Crippen LogP contribution >= 0.6 is 11.3 Å². The molecule has 1 aromatic heterocycles. The molecule has 2 rings (SSSR count). The third-order valence-electron chi connectivity index (χ3n) is 2.52. The summed E-state index contributed by atoms with van der Waals surface area (Å²) in [6.07, 6.45) is -4.72. The van der Waals surface area contributed by atoms with Gasteiger partial charge in [0.25, 0.3) is 0 Å². The van der Waals surface area contributed by atoms with E-state index in [2.05, 4.69) is 5.32 Å². The summed E-state index contributed by atoms with van der Waals surface area (Å²) in [7, 11) is 0. The van der Waals surface area contributed by atoms with E-state index in [0.29, 0.717) is 5.56 Å². The minimum atomic E-state index is -4.72. The molecule has 1 aromatic carbocycles. The standard InChI is InChI=1S/C13H8F4N2S/c14-12-2-1-9(4-11(12)13(15,16)17)19-6-10-3-8(5-18)7-20-10/h1-4,7,19H,6H2. The Morgan fingerprint density at radius 1 is 1.25 bits per heavy atom. The largest absolute Gasteiger partial charge is 0.419 e. The van der Waals surface area contributed by atoms with E-state index in [0.717, 1.165) is 17.0 Å². The summed E-state index contributed by atoms with van der Waals surface area (Å²) < 4.78 is 50.7. The summed E-state index contributed by atoms with van der Waals surface area (Å²) in [6, 6.07) is 6.36. The molecule has 0 saturated carbocycles. The second-order valence-corrected chi connectivity index (χ2v) is 4.96. The predicted octanol–water partition coefficient (Wildman–Crippen LogP) is 4.39. The van der Waals surface area contributed by atoms with Crippen LogP contribution in [0.4, 0.5) is 23.2 Å². The van der Waals surface area contributed by atoms with Gasteiger partial charge in [-0.3, -0.25) is 0 Å². The first kappa shape index (κ1) is 14.3. The van der Waals surface area contributed by atoms with Crippen LogP contribution in [0.15, 0.2) is 29.6 Å². The number of alkyl halides is 3. The Hall–Kier alpha value is -2.07. The molecule has 0 spiro atoms. The van der Waals surface area contributed by atoms with Gasteiger partial charge >= 0.3 is 6.18 Å². The van der Waals surface area contributed by atoms with Crippen molar-refractivity contribution in [3.63, 3.8) is 0 Å². The Kier molecular flexibility index (Phi) is 3.95. The van der Waals surface area contributed by atoms with Gasteiger partial charge in [0.1, 0.15) is 11.9 Å². The van der Waals surface area contributed by atoms with Crippen molar-refractivity contribution in [3.8, 4) is 6.07 Å². The molecule has 0 bridgehead atoms. The number of nitriles is 1. The average Bonchev–Trinajstić information content (AvgIpc) is 2.84. The lowest BCUT2D eigenvalue weighted by molar-refractivity contribution is -0.139. The number of nitrogens with zero attached hydrogens (tertiary/aromatic N) is 1. The molecule has 0 aliphatic rings. The van der Waals surface area contributed by atoms with E-state index in [-0.39, 0.29) is 12.2 Å². The maximum atomic E-state index is 13.1. The van der Waals surface area contributed by atoms with Gasteiger partial charge in [0, 0.05) is 22.5 Å². The second-order valence-electron chi connectivity index (χ2n) is 3.96. The Morgan fingerprint density at radius 3 is 2.60 bits per heavy atom. The van der Waals surface area contributed by atoms with Crippen molar-refractivity contribution in [2.24, 2.45) is 0 Å². The number of halogens is 4. The fraction of sp³-hybridized carbons (Fsp3) is 0.154. The van der Waals surface area contributed by atoms with E-state index in [1.54, 1.807) is 11.4 Å². The molecule has 0 amide bonds. The first-order chi connectivity index (χ1) is 9.40. The fourth-order valence-electron chi connectivity index (χ4n) is 1.57. The third kappa shape index (κ3) is 3.27. The van der Waals surface area contributed by atoms with Crippen molar-refractivity contribution in [1.29, 1.82) is 5.26 Å². The van der Waals surface area contributed by atoms with Crippen molar-refractivity contribution >= 4 is 17.0 Å². The van der Waals surface area contributed by atoms with Crippen LogP contribution < -0.4 is 5.32 Å². The highest BCUT2D eigenvalue weighted by Crippen LogP contribution is 2.33. The number of benzene rings is 1. The predicted molar refractivity (Wildman–Crippen MR) is 67.8 cm³/mol. The minimum absolute atomic E-state index is 0.172. The summed E-state index contributed by atoms with van der Waals surface area (Å²) in [5.41, 5.74) is -0.626. The van der Waals surface area contributed by atoms with Gasteiger partial charge in [-0.2, -0.15) is 18.4 Å². The number of anilines is 1. The van der Waals surface area contributed by atoms with E-state index < -0.39 is 17.6 Å². The molecule has 0 saturated heterocycles. The van der Waals surface area contributed by atoms with Gasteiger partial charge < -0.3 is 5.32 Å². The lowest BCUT2D eigenvalue weighted by Crippen LogP contribution is -2.09. The van der Waals surface area contributed by atoms with Gasteiger partial charge in [0.15, 0.2) is 0 Å². The Labute approximate surface area is 116 Å². The second kappa shape index (κ2) is 5.51. The van der Waals surface area contributed by atoms with Crippen molar-refractivity contribution in [2.45, 2.75) is 12.7 Å². The van der Waals surface area contributed by atoms with Gasteiger partial charge in [-0.05, 0) is 24.3 Å². The van der Waals surface area contributed by atoms with Crippen LogP contribution in [0.25, 0.3) is 0 Å². The Balaban J connectivity index is 2.12. The summed E-state index contributed by atoms with van der Waals surface area (Å²) in [5, 5.41) is 13.1. The zero-order valence-corrected chi connectivity index (χ0v) is 10.8. The molecule has 0 fully saturated rings. The number of hydrogen-bond acceptors (Lipinski definition) is 3. The lowest BCUT2D eigenvalue weighted by Gasteiger charge is -2.11. The molecule has 2 aromatic rings. The fourth-order valence-corrected chi connectivity index (χ4v) is 2.32. The number of nitrogens with one attached hydrogen (secondary N) is 1. The zero-order valence-electron chi connectivity index (χ0n) is 9.96. The minimum Gasteiger partial charge on any atom is -0.380 e. The molecular weight excluding hydrogens is 292 g/mol. The Morgan fingerprint density at radius 2 is 2.00 bits per heavy atom. The smallest absolute Gasteiger partial charge is 0.380 e. The molecule has 1 N–H and O–H groups in total. The first-order valence-electron chi connectivity index (χ1n) is 5.48. The van der Waals surface area contributed by atoms with Gasteiger partial charge in [-0.1, -0.05) is 0 Å². The highest BCUT2D eigenvalue weighted by Gasteiger charge is 2.34. The number of hydrogen-bond donors (Lipinski definition) is 1. The summed E-state index contributed by atoms with van der Waals surface area (Å²) >= 11 is 1.32. The normalized spacial score (nSPS) is 11.2. The van der Waals surface area contributed by atoms with E-state index in [4.69, 9.17) is 5.26 Å². The van der Waals surface area contributed by atoms with E-state index >= 15 is 0 Å². The molecule has 0 aliphatic heterocycles. The quantitative estimate of drug-likeness (QED) is 0.853. The Bertz CT molecular complexity index is 655. The molecule has 0 radical (unpaired) electrons. The van der Waals surface area contributed by atoms with Crippen LogP contribution in [-0.4, -0.2) is 0 Å². The van der Waals surface area contributed by atoms with Gasteiger partial charge in [0.2, 0.25) is 0 Å². The molecule has 0 atom stereocenters. The van der Waals surface area contributed by atoms with Crippen LogP contribution in [-0.2, 0) is 12.7 Å². The van der Waals surface area contributed by atoms with E-state index in [1.807, 2.05) is 6.07 Å². The van der Waals surface area contributed by atoms with Crippen LogP contribution in [0.3, 0.4) is 0 Å². The van der Waals surface area contributed by atoms with Crippen LogP contribution in [0.5, 0.6) is 0 Å².